The molecule has 0 saturated heterocycles. The molecule has 0 saturated carbocycles. The van der Waals surface area contributed by atoms with Gasteiger partial charge in [0.25, 0.3) is 0 Å². The van der Waals surface area contributed by atoms with Crippen LogP contribution in [0.2, 0.25) is 0 Å². The summed E-state index contributed by atoms with van der Waals surface area (Å²) in [4.78, 5) is 0. The summed E-state index contributed by atoms with van der Waals surface area (Å²) >= 11 is 0. The summed E-state index contributed by atoms with van der Waals surface area (Å²) < 4.78 is 5.38. The summed E-state index contributed by atoms with van der Waals surface area (Å²) in [5.41, 5.74) is 4.70. The van der Waals surface area contributed by atoms with Gasteiger partial charge in [-0.15, -0.1) is 0 Å². The lowest BCUT2D eigenvalue weighted by molar-refractivity contribution is -0.543. The van der Waals surface area contributed by atoms with Crippen LogP contribution in [0, 0.1) is 11.1 Å². The molecule has 0 unspecified atom stereocenters. The van der Waals surface area contributed by atoms with E-state index in [4.69, 9.17) is 5.73 Å². The number of nitrogens with zero attached hydrogens (tertiary/aromatic N) is 3. The van der Waals surface area contributed by atoms with E-state index in [2.05, 4.69) is 14.9 Å². The molecule has 0 spiro atoms. The van der Waals surface area contributed by atoms with Gasteiger partial charge < -0.3 is 10.3 Å². The van der Waals surface area contributed by atoms with Crippen molar-refractivity contribution in [2.45, 2.75) is 38.0 Å². The van der Waals surface area contributed by atoms with Crippen LogP contribution in [-0.2, 0) is 12.0 Å². The van der Waals surface area contributed by atoms with Crippen molar-refractivity contribution in [3.8, 4) is 0 Å². The molecule has 2 heterocycles. The van der Waals surface area contributed by atoms with Gasteiger partial charge in [-0.25, -0.2) is 4.63 Å². The highest BCUT2D eigenvalue weighted by molar-refractivity contribution is 5.92. The largest absolute Gasteiger partial charge is 0.622 e. The number of hydrogen-bond donors (Lipinski definition) is 2. The van der Waals surface area contributed by atoms with E-state index in [-0.39, 0.29) is 0 Å². The molecule has 17 heavy (non-hydrogen) atoms. The molecule has 0 fully saturated rings. The van der Waals surface area contributed by atoms with Crippen LogP contribution in [-0.4, -0.2) is 31.5 Å². The molecule has 0 amide bonds. The fourth-order valence-corrected chi connectivity index (χ4v) is 2.83. The summed E-state index contributed by atoms with van der Waals surface area (Å²) in [6.07, 6.45) is 0.969. The Kier molecular flexibility index (Phi) is 1.79. The molecule has 3 atom stereocenters. The highest BCUT2D eigenvalue weighted by Gasteiger charge is 2.65. The Morgan fingerprint density at radius 1 is 1.53 bits per heavy atom. The monoisotopic (exact) mass is 238 g/mol. The third kappa shape index (κ3) is 1.01. The number of aromatic nitrogens is 2. The molecule has 1 aliphatic carbocycles. The second-order valence-corrected chi connectivity index (χ2v) is 5.01. The van der Waals surface area contributed by atoms with Crippen LogP contribution in [0.4, 0.5) is 0 Å². The maximum atomic E-state index is 12.1. The van der Waals surface area contributed by atoms with E-state index in [1.54, 1.807) is 13.8 Å². The summed E-state index contributed by atoms with van der Waals surface area (Å²) in [5.74, 6) is -0.478. The first kappa shape index (κ1) is 10.7. The number of nitrogens with two attached hydrogens (primary N) is 1. The molecule has 92 valence electrons. The molecule has 3 rings (SSSR count). The average molecular weight is 238 g/mol. The van der Waals surface area contributed by atoms with Crippen LogP contribution >= 0.6 is 0 Å². The molecule has 3 N–H and O–H groups in total. The molecule has 7 nitrogen and oxygen atoms in total. The number of aryl methyl sites for hydroxylation is 1. The van der Waals surface area contributed by atoms with Crippen molar-refractivity contribution in [2.75, 3.05) is 0 Å². The first-order chi connectivity index (χ1) is 7.90. The third-order valence-corrected chi connectivity index (χ3v) is 4.14. The minimum atomic E-state index is -1.45. The summed E-state index contributed by atoms with van der Waals surface area (Å²) in [6, 6.07) is 0. The number of aliphatic hydroxyl groups is 1. The van der Waals surface area contributed by atoms with Crippen LogP contribution in [0.15, 0.2) is 4.63 Å². The Bertz CT molecular complexity index is 521. The van der Waals surface area contributed by atoms with Gasteiger partial charge >= 0.3 is 0 Å². The number of fused-ring (bicyclic) bond motifs is 3. The van der Waals surface area contributed by atoms with Crippen molar-refractivity contribution < 1.29 is 14.5 Å². The molecule has 0 aromatic carbocycles. The number of rotatable bonds is 0. The van der Waals surface area contributed by atoms with Gasteiger partial charge in [0.2, 0.25) is 17.0 Å². The van der Waals surface area contributed by atoms with Gasteiger partial charge in [0, 0.05) is 19.8 Å². The van der Waals surface area contributed by atoms with Gasteiger partial charge in [-0.05, 0) is 0 Å². The Hall–Kier alpha value is -1.47. The summed E-state index contributed by atoms with van der Waals surface area (Å²) in [6.45, 7) is 3.35. The van der Waals surface area contributed by atoms with Crippen molar-refractivity contribution in [3.05, 3.63) is 16.6 Å². The first-order valence-electron chi connectivity index (χ1n) is 5.57. The van der Waals surface area contributed by atoms with Gasteiger partial charge in [-0.3, -0.25) is 5.73 Å². The molecule has 1 aliphatic heterocycles. The number of hydroxylamine groups is 1. The normalized spacial score (nSPS) is 40.4. The standard InChI is InChI=1S/C10H14N4O3/c1-5-9(2,11)14(16)7-4-3-6-8(10(5,7)15)13-17-12-6/h5,15H,3-4,11H2,1-2H3/t5-,9+,10+/m0/s1. The van der Waals surface area contributed by atoms with Crippen LogP contribution < -0.4 is 5.73 Å². The zero-order chi connectivity index (χ0) is 12.4. The predicted molar refractivity (Wildman–Crippen MR) is 56.9 cm³/mol. The minimum absolute atomic E-state index is 0.335. The second kappa shape index (κ2) is 2.85. The zero-order valence-corrected chi connectivity index (χ0v) is 9.67. The smallest absolute Gasteiger partial charge is 0.227 e. The van der Waals surface area contributed by atoms with E-state index in [9.17, 15) is 10.3 Å². The highest BCUT2D eigenvalue weighted by atomic mass is 16.6. The molecule has 0 bridgehead atoms. The van der Waals surface area contributed by atoms with E-state index in [1.807, 2.05) is 0 Å². The molecule has 1 aromatic rings. The maximum absolute atomic E-state index is 12.1. The van der Waals surface area contributed by atoms with Crippen molar-refractivity contribution in [3.63, 3.8) is 0 Å². The molecular formula is C10H14N4O3. The fraction of sp³-hybridized carbons (Fsp3) is 0.700. The molecule has 2 aliphatic rings. The average Bonchev–Trinajstić information content (AvgIpc) is 2.80. The zero-order valence-electron chi connectivity index (χ0n) is 9.67. The van der Waals surface area contributed by atoms with Gasteiger partial charge in [0.15, 0.2) is 5.69 Å². The Morgan fingerprint density at radius 3 is 2.94 bits per heavy atom. The second-order valence-electron chi connectivity index (χ2n) is 5.01. The van der Waals surface area contributed by atoms with E-state index >= 15 is 0 Å². The van der Waals surface area contributed by atoms with Gasteiger partial charge in [0.1, 0.15) is 5.69 Å². The number of hydrogen-bond acceptors (Lipinski definition) is 6. The van der Waals surface area contributed by atoms with E-state index < -0.39 is 17.2 Å². The third-order valence-electron chi connectivity index (χ3n) is 4.14. The molecule has 7 heteroatoms. The fourth-order valence-electron chi connectivity index (χ4n) is 2.83. The van der Waals surface area contributed by atoms with Crippen molar-refractivity contribution >= 4 is 5.71 Å². The lowest BCUT2D eigenvalue weighted by Gasteiger charge is -2.29. The van der Waals surface area contributed by atoms with Gasteiger partial charge in [-0.2, -0.15) is 4.74 Å². The minimum Gasteiger partial charge on any atom is -0.622 e. The van der Waals surface area contributed by atoms with E-state index in [0.717, 1.165) is 4.74 Å². The Balaban J connectivity index is 2.27. The Labute approximate surface area is 97.5 Å². The maximum Gasteiger partial charge on any atom is 0.227 e. The first-order valence-corrected chi connectivity index (χ1v) is 5.57. The van der Waals surface area contributed by atoms with E-state index in [0.29, 0.717) is 29.9 Å². The van der Waals surface area contributed by atoms with Crippen LogP contribution in [0.25, 0.3) is 0 Å². The highest BCUT2D eigenvalue weighted by Crippen LogP contribution is 2.46. The topological polar surface area (TPSA) is 111 Å². The summed E-state index contributed by atoms with van der Waals surface area (Å²) in [5, 5.41) is 30.4. The predicted octanol–water partition coefficient (Wildman–Crippen LogP) is -0.521. The lowest BCUT2D eigenvalue weighted by Crippen LogP contribution is -2.51. The van der Waals surface area contributed by atoms with Crippen LogP contribution in [0.5, 0.6) is 0 Å². The SMILES string of the molecule is C[C@@H]1[C@@]2(O)C(=[N+]([O-])[C@@]1(C)N)CCc1nonc12. The Morgan fingerprint density at radius 2 is 2.24 bits per heavy atom. The molecule has 1 aromatic heterocycles. The molecular weight excluding hydrogens is 224 g/mol. The van der Waals surface area contributed by atoms with Crippen molar-refractivity contribution in [1.82, 2.24) is 10.3 Å². The van der Waals surface area contributed by atoms with Crippen molar-refractivity contribution in [2.24, 2.45) is 11.7 Å². The van der Waals surface area contributed by atoms with Gasteiger partial charge in [0.05, 0.1) is 5.92 Å². The summed E-state index contributed by atoms with van der Waals surface area (Å²) in [7, 11) is 0. The van der Waals surface area contributed by atoms with Crippen LogP contribution in [0.3, 0.4) is 0 Å². The van der Waals surface area contributed by atoms with Crippen molar-refractivity contribution in [1.29, 1.82) is 0 Å². The van der Waals surface area contributed by atoms with Gasteiger partial charge in [-0.1, -0.05) is 17.2 Å². The van der Waals surface area contributed by atoms with E-state index in [1.165, 1.54) is 0 Å². The quantitative estimate of drug-likeness (QED) is 0.464. The lowest BCUT2D eigenvalue weighted by atomic mass is 9.74. The van der Waals surface area contributed by atoms with Crippen LogP contribution in [0.1, 0.15) is 31.7 Å². The molecule has 0 radical (unpaired) electrons.